The van der Waals surface area contributed by atoms with Crippen LogP contribution in [0.4, 0.5) is 22.0 Å². The van der Waals surface area contributed by atoms with Gasteiger partial charge in [-0.3, -0.25) is 0 Å². The summed E-state index contributed by atoms with van der Waals surface area (Å²) in [5.41, 5.74) is -1.26. The monoisotopic (exact) mass is 364 g/mol. The molecule has 0 amide bonds. The van der Waals surface area contributed by atoms with E-state index in [9.17, 15) is 22.0 Å². The molecule has 1 rings (SSSR count). The molecule has 1 aromatic heterocycles. The van der Waals surface area contributed by atoms with Crippen LogP contribution in [0.25, 0.3) is 0 Å². The molecule has 92 valence electrons. The Morgan fingerprint density at radius 2 is 2.00 bits per heavy atom. The van der Waals surface area contributed by atoms with Crippen molar-refractivity contribution >= 4 is 22.6 Å². The summed E-state index contributed by atoms with van der Waals surface area (Å²) in [6, 6.07) is 1.88. The smallest absolute Gasteiger partial charge is 0.388 e. The first kappa shape index (κ1) is 13.9. The Bertz CT molecular complexity index is 468. The Morgan fingerprint density at radius 1 is 1.41 bits per heavy atom. The number of alkyl halides is 5. The lowest BCUT2D eigenvalue weighted by Gasteiger charge is -2.11. The van der Waals surface area contributed by atoms with Gasteiger partial charge in [-0.05, 0) is 22.6 Å². The lowest BCUT2D eigenvalue weighted by atomic mass is 10.2. The number of nitrogens with zero attached hydrogens (tertiary/aromatic N) is 2. The third-order valence-corrected chi connectivity index (χ3v) is 2.66. The molecule has 0 spiro atoms. The fourth-order valence-electron chi connectivity index (χ4n) is 0.928. The molecule has 3 nitrogen and oxygen atoms in total. The maximum Gasteiger partial charge on any atom is 0.574 e. The van der Waals surface area contributed by atoms with Gasteiger partial charge in [0.25, 0.3) is 6.43 Å². The standard InChI is InChI=1S/C8H2F5IN2O/c9-7(10)3-1-5(17-8(11,12)13)16-4(2-15)6(3)14/h1,7H. The molecule has 0 saturated heterocycles. The fraction of sp³-hybridized carbons (Fsp3) is 0.250. The second-order valence-electron chi connectivity index (χ2n) is 2.67. The van der Waals surface area contributed by atoms with Crippen molar-refractivity contribution in [2.24, 2.45) is 0 Å². The Hall–Kier alpha value is -1.18. The van der Waals surface area contributed by atoms with Crippen LogP contribution in [0, 0.1) is 14.9 Å². The number of hydrogen-bond acceptors (Lipinski definition) is 3. The van der Waals surface area contributed by atoms with Crippen LogP contribution in [-0.2, 0) is 0 Å². The number of hydrogen-bond donors (Lipinski definition) is 0. The molecule has 0 aliphatic carbocycles. The molecule has 0 bridgehead atoms. The summed E-state index contributed by atoms with van der Waals surface area (Å²) in [5, 5.41) is 8.55. The predicted octanol–water partition coefficient (Wildman–Crippen LogP) is 3.39. The van der Waals surface area contributed by atoms with Gasteiger partial charge in [-0.15, -0.1) is 13.2 Å². The molecule has 0 aliphatic heterocycles. The van der Waals surface area contributed by atoms with E-state index < -0.39 is 29.9 Å². The van der Waals surface area contributed by atoms with E-state index >= 15 is 0 Å². The molecule has 0 saturated carbocycles. The lowest BCUT2D eigenvalue weighted by molar-refractivity contribution is -0.276. The van der Waals surface area contributed by atoms with Gasteiger partial charge in [0.05, 0.1) is 3.57 Å². The zero-order chi connectivity index (χ0) is 13.2. The molecular weight excluding hydrogens is 362 g/mol. The summed E-state index contributed by atoms with van der Waals surface area (Å²) in [4.78, 5) is 3.18. The van der Waals surface area contributed by atoms with Crippen LogP contribution < -0.4 is 4.74 Å². The van der Waals surface area contributed by atoms with Crippen molar-refractivity contribution < 1.29 is 26.7 Å². The van der Waals surface area contributed by atoms with Crippen molar-refractivity contribution in [1.82, 2.24) is 4.98 Å². The first-order valence-electron chi connectivity index (χ1n) is 3.89. The third-order valence-electron chi connectivity index (χ3n) is 1.52. The Labute approximate surface area is 105 Å². The topological polar surface area (TPSA) is 45.9 Å². The van der Waals surface area contributed by atoms with Gasteiger partial charge in [0.1, 0.15) is 6.07 Å². The van der Waals surface area contributed by atoms with Crippen molar-refractivity contribution in [3.05, 3.63) is 20.9 Å². The van der Waals surface area contributed by atoms with Crippen LogP contribution in [0.1, 0.15) is 17.7 Å². The van der Waals surface area contributed by atoms with E-state index in [-0.39, 0.29) is 3.57 Å². The SMILES string of the molecule is N#Cc1nc(OC(F)(F)F)cc(C(F)F)c1I. The van der Waals surface area contributed by atoms with E-state index in [1.54, 1.807) is 0 Å². The zero-order valence-corrected chi connectivity index (χ0v) is 9.88. The number of halogens is 6. The average Bonchev–Trinajstić information content (AvgIpc) is 2.17. The summed E-state index contributed by atoms with van der Waals surface area (Å²) < 4.78 is 63.8. The summed E-state index contributed by atoms with van der Waals surface area (Å²) in [5.74, 6) is -1.08. The first-order valence-corrected chi connectivity index (χ1v) is 4.97. The minimum Gasteiger partial charge on any atom is -0.388 e. The highest BCUT2D eigenvalue weighted by atomic mass is 127. The zero-order valence-electron chi connectivity index (χ0n) is 7.73. The third kappa shape index (κ3) is 3.65. The van der Waals surface area contributed by atoms with Crippen molar-refractivity contribution in [3.8, 4) is 11.9 Å². The van der Waals surface area contributed by atoms with E-state index in [1.807, 2.05) is 0 Å². The fourth-order valence-corrected chi connectivity index (χ4v) is 1.56. The quantitative estimate of drug-likeness (QED) is 0.597. The number of ether oxygens (including phenoxy) is 1. The Morgan fingerprint density at radius 3 is 2.41 bits per heavy atom. The van der Waals surface area contributed by atoms with Crippen molar-refractivity contribution in [2.75, 3.05) is 0 Å². The minimum atomic E-state index is -5.05. The second kappa shape index (κ2) is 4.99. The molecule has 1 heterocycles. The van der Waals surface area contributed by atoms with Gasteiger partial charge < -0.3 is 4.74 Å². The molecule has 0 radical (unpaired) electrons. The highest BCUT2D eigenvalue weighted by molar-refractivity contribution is 14.1. The molecule has 0 fully saturated rings. The van der Waals surface area contributed by atoms with Gasteiger partial charge >= 0.3 is 6.36 Å². The van der Waals surface area contributed by atoms with Crippen molar-refractivity contribution in [3.63, 3.8) is 0 Å². The summed E-state index contributed by atoms with van der Waals surface area (Å²) in [6.45, 7) is 0. The predicted molar refractivity (Wildman–Crippen MR) is 53.3 cm³/mol. The molecule has 0 N–H and O–H groups in total. The molecule has 17 heavy (non-hydrogen) atoms. The number of aromatic nitrogens is 1. The van der Waals surface area contributed by atoms with Crippen molar-refractivity contribution in [2.45, 2.75) is 12.8 Å². The van der Waals surface area contributed by atoms with Gasteiger partial charge in [0.2, 0.25) is 5.88 Å². The van der Waals surface area contributed by atoms with E-state index in [2.05, 4.69) is 9.72 Å². The minimum absolute atomic E-state index is 0.199. The highest BCUT2D eigenvalue weighted by Crippen LogP contribution is 2.31. The van der Waals surface area contributed by atoms with Gasteiger partial charge in [0, 0.05) is 11.6 Å². The van der Waals surface area contributed by atoms with Gasteiger partial charge in [-0.1, -0.05) is 0 Å². The van der Waals surface area contributed by atoms with E-state index in [1.165, 1.54) is 28.7 Å². The second-order valence-corrected chi connectivity index (χ2v) is 3.75. The summed E-state index contributed by atoms with van der Waals surface area (Å²) in [6.07, 6.45) is -8.07. The maximum atomic E-state index is 12.5. The number of rotatable bonds is 2. The Balaban J connectivity index is 3.27. The van der Waals surface area contributed by atoms with E-state index in [0.29, 0.717) is 6.07 Å². The molecule has 0 unspecified atom stereocenters. The lowest BCUT2D eigenvalue weighted by Crippen LogP contribution is -2.18. The van der Waals surface area contributed by atoms with Crippen LogP contribution in [-0.4, -0.2) is 11.3 Å². The maximum absolute atomic E-state index is 12.5. The molecular formula is C8H2F5IN2O. The van der Waals surface area contributed by atoms with Crippen LogP contribution in [0.15, 0.2) is 6.07 Å². The largest absolute Gasteiger partial charge is 0.574 e. The van der Waals surface area contributed by atoms with E-state index in [0.717, 1.165) is 0 Å². The highest BCUT2D eigenvalue weighted by Gasteiger charge is 2.33. The van der Waals surface area contributed by atoms with Crippen LogP contribution in [0.2, 0.25) is 0 Å². The van der Waals surface area contributed by atoms with Crippen LogP contribution >= 0.6 is 22.6 Å². The average molecular weight is 364 g/mol. The molecule has 9 heteroatoms. The summed E-state index contributed by atoms with van der Waals surface area (Å²) in [7, 11) is 0. The van der Waals surface area contributed by atoms with Gasteiger partial charge in [-0.2, -0.15) is 5.26 Å². The van der Waals surface area contributed by atoms with Crippen molar-refractivity contribution in [1.29, 1.82) is 5.26 Å². The normalized spacial score (nSPS) is 11.4. The first-order chi connectivity index (χ1) is 7.74. The molecule has 0 aromatic carbocycles. The van der Waals surface area contributed by atoms with E-state index in [4.69, 9.17) is 5.26 Å². The van der Waals surface area contributed by atoms with Crippen LogP contribution in [0.5, 0.6) is 5.88 Å². The Kier molecular flexibility index (Phi) is 4.07. The molecule has 0 atom stereocenters. The van der Waals surface area contributed by atoms with Crippen LogP contribution in [0.3, 0.4) is 0 Å². The molecule has 1 aromatic rings. The molecule has 0 aliphatic rings. The number of pyridine rings is 1. The number of nitriles is 1. The van der Waals surface area contributed by atoms with Gasteiger partial charge in [0.15, 0.2) is 5.69 Å². The summed E-state index contributed by atoms with van der Waals surface area (Å²) >= 11 is 1.41. The van der Waals surface area contributed by atoms with Gasteiger partial charge in [-0.25, -0.2) is 13.8 Å².